The lowest BCUT2D eigenvalue weighted by atomic mass is 9.90. The first-order chi connectivity index (χ1) is 16.1. The minimum absolute atomic E-state index is 0.0187. The number of ether oxygens (including phenoxy) is 2. The number of benzene rings is 1. The Morgan fingerprint density at radius 3 is 2.26 bits per heavy atom. The Kier molecular flexibility index (Phi) is 6.39. The fraction of sp³-hybridized carbons (Fsp3) is 0.400. The van der Waals surface area contributed by atoms with Crippen LogP contribution in [-0.2, 0) is 21.0 Å². The van der Waals surface area contributed by atoms with Crippen molar-refractivity contribution in [1.29, 1.82) is 0 Å². The highest BCUT2D eigenvalue weighted by atomic mass is 35.5. The smallest absolute Gasteiger partial charge is 0.449 e. The van der Waals surface area contributed by atoms with Crippen molar-refractivity contribution in [2.24, 2.45) is 0 Å². The maximum Gasteiger partial charge on any atom is 0.511 e. The number of fused-ring (bicyclic) bond motifs is 1. The Balaban J connectivity index is 1.79. The highest BCUT2D eigenvalue weighted by Crippen LogP contribution is 2.48. The highest BCUT2D eigenvalue weighted by molar-refractivity contribution is 6.30. The van der Waals surface area contributed by atoms with Gasteiger partial charge in [0.15, 0.2) is 5.75 Å². The molecule has 0 amide bonds. The minimum Gasteiger partial charge on any atom is -0.449 e. The molecule has 14 heteroatoms. The first-order valence-electron chi connectivity index (χ1n) is 10.1. The van der Waals surface area contributed by atoms with E-state index in [9.17, 15) is 30.1 Å². The molecule has 3 atom stereocenters. The van der Waals surface area contributed by atoms with Crippen LogP contribution in [0.3, 0.4) is 0 Å². The number of aryl methyl sites for hydroxylation is 1. The van der Waals surface area contributed by atoms with Crippen LogP contribution in [0.15, 0.2) is 24.3 Å². The monoisotopic (exact) mass is 495 g/mol. The number of carboxylic acid groups (broad SMARTS) is 1. The van der Waals surface area contributed by atoms with Crippen LogP contribution in [0.2, 0.25) is 5.02 Å². The predicted molar refractivity (Wildman–Crippen MR) is 111 cm³/mol. The number of rotatable bonds is 7. The van der Waals surface area contributed by atoms with Gasteiger partial charge in [0.25, 0.3) is 10.2 Å². The third kappa shape index (κ3) is 4.65. The molecule has 4 rings (SSSR count). The number of carbonyl (C=O) groups is 1. The quantitative estimate of drug-likeness (QED) is 0.336. The average Bonchev–Trinajstić information content (AvgIpc) is 3.34. The van der Waals surface area contributed by atoms with Gasteiger partial charge in [-0.15, -0.1) is 20.2 Å². The lowest BCUT2D eigenvalue weighted by Crippen LogP contribution is -2.30. The van der Waals surface area contributed by atoms with E-state index in [4.69, 9.17) is 21.1 Å². The van der Waals surface area contributed by atoms with Gasteiger partial charge < -0.3 is 24.3 Å². The van der Waals surface area contributed by atoms with E-state index in [2.05, 4.69) is 14.7 Å². The zero-order valence-corrected chi connectivity index (χ0v) is 18.3. The van der Waals surface area contributed by atoms with Crippen LogP contribution >= 0.6 is 11.6 Å². The summed E-state index contributed by atoms with van der Waals surface area (Å²) in [5.74, 6) is -0.491. The molecule has 1 aliphatic carbocycles. The van der Waals surface area contributed by atoms with Crippen molar-refractivity contribution in [1.82, 2.24) is 4.98 Å². The standard InChI is InChI=1S/C20H18ClN3O10/c1-9-18(32-20(25)26)13-8-31-19(10-2-4-12(21)5-3-10)16(13)17(22-9)11-6-14(33-23(27)28)15(7-11)34-24(29)30/h2-5,11,14-15,19H,6-8H2,1H3,(H,25,26)/t11?,14?,15?,19-/m0/s1. The van der Waals surface area contributed by atoms with Crippen LogP contribution in [0, 0.1) is 27.2 Å². The molecule has 0 spiro atoms. The van der Waals surface area contributed by atoms with E-state index < -0.39 is 40.6 Å². The first kappa shape index (κ1) is 23.4. The number of aromatic nitrogens is 1. The third-order valence-corrected chi connectivity index (χ3v) is 6.04. The van der Waals surface area contributed by atoms with E-state index in [1.807, 2.05) is 0 Å². The van der Waals surface area contributed by atoms with Gasteiger partial charge in [-0.1, -0.05) is 23.7 Å². The summed E-state index contributed by atoms with van der Waals surface area (Å²) in [5, 5.41) is 29.5. The molecule has 2 heterocycles. The van der Waals surface area contributed by atoms with Gasteiger partial charge in [-0.05, 0) is 37.5 Å². The molecule has 1 aliphatic heterocycles. The van der Waals surface area contributed by atoms with E-state index in [0.717, 1.165) is 0 Å². The molecule has 180 valence electrons. The summed E-state index contributed by atoms with van der Waals surface area (Å²) in [4.78, 5) is 47.0. The molecule has 2 aliphatic rings. The second kappa shape index (κ2) is 9.27. The normalized spacial score (nSPS) is 23.2. The summed E-state index contributed by atoms with van der Waals surface area (Å²) in [7, 11) is 0. The fourth-order valence-electron chi connectivity index (χ4n) is 4.53. The summed E-state index contributed by atoms with van der Waals surface area (Å²) in [6.07, 6.45) is -4.51. The minimum atomic E-state index is -1.52. The van der Waals surface area contributed by atoms with Crippen molar-refractivity contribution in [3.8, 4) is 5.75 Å². The van der Waals surface area contributed by atoms with Crippen LogP contribution in [-0.4, -0.2) is 38.6 Å². The fourth-order valence-corrected chi connectivity index (χ4v) is 4.66. The predicted octanol–water partition coefficient (Wildman–Crippen LogP) is 3.75. The first-order valence-corrected chi connectivity index (χ1v) is 10.4. The van der Waals surface area contributed by atoms with Gasteiger partial charge in [0.05, 0.1) is 18.0 Å². The van der Waals surface area contributed by atoms with Crippen LogP contribution in [0.25, 0.3) is 0 Å². The lowest BCUT2D eigenvalue weighted by Gasteiger charge is -2.21. The van der Waals surface area contributed by atoms with E-state index in [-0.39, 0.29) is 30.9 Å². The molecule has 1 saturated carbocycles. The molecule has 0 bridgehead atoms. The number of halogens is 1. The molecule has 0 saturated heterocycles. The molecule has 1 aromatic heterocycles. The Labute approximate surface area is 196 Å². The second-order valence-electron chi connectivity index (χ2n) is 7.82. The zero-order chi connectivity index (χ0) is 24.6. The van der Waals surface area contributed by atoms with E-state index in [1.165, 1.54) is 0 Å². The third-order valence-electron chi connectivity index (χ3n) is 5.79. The molecule has 1 N–H and O–H groups in total. The summed E-state index contributed by atoms with van der Waals surface area (Å²) in [5.41, 5.74) is 2.44. The van der Waals surface area contributed by atoms with Crippen LogP contribution in [0.4, 0.5) is 4.79 Å². The van der Waals surface area contributed by atoms with Gasteiger partial charge in [-0.25, -0.2) is 4.79 Å². The van der Waals surface area contributed by atoms with Gasteiger partial charge in [0.2, 0.25) is 0 Å². The molecular weight excluding hydrogens is 478 g/mol. The number of hydrogen-bond acceptors (Lipinski definition) is 10. The van der Waals surface area contributed by atoms with Crippen molar-refractivity contribution >= 4 is 17.8 Å². The van der Waals surface area contributed by atoms with E-state index >= 15 is 0 Å². The number of pyridine rings is 1. The highest BCUT2D eigenvalue weighted by Gasteiger charge is 2.44. The Hall–Kier alpha value is -3.71. The summed E-state index contributed by atoms with van der Waals surface area (Å²) >= 11 is 6.00. The SMILES string of the molecule is Cc1nc(C2CC(O[N+](=O)[O-])C(O[N+](=O)[O-])C2)c2c(c1OC(=O)O)CO[C@H]2c1ccc(Cl)cc1. The summed E-state index contributed by atoms with van der Waals surface area (Å²) in [6, 6.07) is 6.84. The Morgan fingerprint density at radius 1 is 1.15 bits per heavy atom. The second-order valence-corrected chi connectivity index (χ2v) is 8.25. The molecule has 34 heavy (non-hydrogen) atoms. The average molecular weight is 496 g/mol. The molecule has 2 aromatic rings. The maximum atomic E-state index is 11.3. The lowest BCUT2D eigenvalue weighted by molar-refractivity contribution is -0.797. The van der Waals surface area contributed by atoms with Crippen molar-refractivity contribution in [3.63, 3.8) is 0 Å². The van der Waals surface area contributed by atoms with Gasteiger partial charge >= 0.3 is 6.16 Å². The van der Waals surface area contributed by atoms with E-state index in [1.54, 1.807) is 31.2 Å². The summed E-state index contributed by atoms with van der Waals surface area (Å²) in [6.45, 7) is 1.58. The number of nitrogens with zero attached hydrogens (tertiary/aromatic N) is 3. The molecule has 1 fully saturated rings. The summed E-state index contributed by atoms with van der Waals surface area (Å²) < 4.78 is 11.0. The molecule has 0 radical (unpaired) electrons. The van der Waals surface area contributed by atoms with E-state index in [0.29, 0.717) is 27.4 Å². The number of hydrogen-bond donors (Lipinski definition) is 1. The largest absolute Gasteiger partial charge is 0.511 e. The van der Waals surface area contributed by atoms with Gasteiger partial charge in [0, 0.05) is 22.1 Å². The van der Waals surface area contributed by atoms with Gasteiger partial charge in [0.1, 0.15) is 18.3 Å². The Morgan fingerprint density at radius 2 is 1.74 bits per heavy atom. The van der Waals surface area contributed by atoms with Crippen molar-refractivity contribution < 1.29 is 39.2 Å². The van der Waals surface area contributed by atoms with Crippen LogP contribution < -0.4 is 4.74 Å². The zero-order valence-electron chi connectivity index (χ0n) is 17.6. The van der Waals surface area contributed by atoms with Crippen molar-refractivity contribution in [3.05, 3.63) is 77.6 Å². The van der Waals surface area contributed by atoms with Crippen LogP contribution in [0.5, 0.6) is 5.75 Å². The van der Waals surface area contributed by atoms with Crippen molar-refractivity contribution in [2.75, 3.05) is 0 Å². The van der Waals surface area contributed by atoms with Gasteiger partial charge in [-0.3, -0.25) is 4.98 Å². The van der Waals surface area contributed by atoms with Gasteiger partial charge in [-0.2, -0.15) is 0 Å². The Bertz CT molecular complexity index is 1120. The molecule has 2 unspecified atom stereocenters. The molecule has 13 nitrogen and oxygen atoms in total. The molecular formula is C20H18ClN3O10. The van der Waals surface area contributed by atoms with Crippen LogP contribution in [0.1, 0.15) is 52.9 Å². The maximum absolute atomic E-state index is 11.3. The topological polar surface area (TPSA) is 173 Å². The van der Waals surface area contributed by atoms with Crippen molar-refractivity contribution in [2.45, 2.75) is 50.6 Å². The molecule has 1 aromatic carbocycles.